The average Bonchev–Trinajstić information content (AvgIpc) is 3.73. The zero-order chi connectivity index (χ0) is 41.5. The van der Waals surface area contributed by atoms with E-state index in [2.05, 4.69) is 32.1 Å². The van der Waals surface area contributed by atoms with Crippen LogP contribution < -0.4 is 25.3 Å². The molecule has 0 aliphatic carbocycles. The minimum atomic E-state index is -1.54. The lowest BCUT2D eigenvalue weighted by molar-refractivity contribution is -0.136. The summed E-state index contributed by atoms with van der Waals surface area (Å²) in [7, 11) is -1.54. The van der Waals surface area contributed by atoms with Gasteiger partial charge in [0, 0.05) is 67.2 Å². The standard InChI is InChI=1S/C45H46BN5O8S/c52-33-10-14-36-39(27-33)60-42(29-3-5-30(6-4-29)46(57)58)41(36)59-34-11-7-31(8-12-34)50-24-22-48(23-25-50)19-1-2-28-17-20-49(21-18-28)32-9-13-35-37(26-32)45(56)51(44(35)55)38-15-16-40(53)47-43(38)54/h3-14,26-28,38,52,57-58H,1-2,15-25H2,(H,47,53,54). The highest BCUT2D eigenvalue weighted by molar-refractivity contribution is 7.22. The molecule has 0 bridgehead atoms. The number of imide groups is 2. The average molecular weight is 828 g/mol. The lowest BCUT2D eigenvalue weighted by Gasteiger charge is -2.37. The Bertz CT molecular complexity index is 2440. The van der Waals surface area contributed by atoms with Crippen molar-refractivity contribution in [3.8, 4) is 27.7 Å². The first-order valence-corrected chi connectivity index (χ1v) is 21.5. The second-order valence-electron chi connectivity index (χ2n) is 16.1. The number of rotatable bonds is 11. The number of hydrogen-bond donors (Lipinski definition) is 4. The van der Waals surface area contributed by atoms with Crippen LogP contribution >= 0.6 is 11.3 Å². The molecule has 3 saturated heterocycles. The van der Waals surface area contributed by atoms with E-state index in [0.29, 0.717) is 34.0 Å². The summed E-state index contributed by atoms with van der Waals surface area (Å²) in [4.78, 5) is 59.6. The van der Waals surface area contributed by atoms with Gasteiger partial charge in [0.1, 0.15) is 17.5 Å². The van der Waals surface area contributed by atoms with Crippen molar-refractivity contribution in [1.29, 1.82) is 0 Å². The molecule has 13 nitrogen and oxygen atoms in total. The van der Waals surface area contributed by atoms with Gasteiger partial charge in [-0.15, -0.1) is 11.3 Å². The molecule has 0 saturated carbocycles. The van der Waals surface area contributed by atoms with Crippen molar-refractivity contribution in [2.45, 2.75) is 44.6 Å². The first kappa shape index (κ1) is 39.7. The van der Waals surface area contributed by atoms with E-state index in [1.807, 2.05) is 36.4 Å². The number of nitrogens with one attached hydrogen (secondary N) is 1. The monoisotopic (exact) mass is 827 g/mol. The van der Waals surface area contributed by atoms with Crippen LogP contribution in [0.4, 0.5) is 11.4 Å². The number of nitrogens with zero attached hydrogens (tertiary/aromatic N) is 4. The van der Waals surface area contributed by atoms with Crippen molar-refractivity contribution < 1.29 is 39.1 Å². The van der Waals surface area contributed by atoms with Gasteiger partial charge in [-0.25, -0.2) is 0 Å². The van der Waals surface area contributed by atoms with E-state index in [4.69, 9.17) is 4.74 Å². The molecule has 1 atom stereocenters. The van der Waals surface area contributed by atoms with Gasteiger partial charge in [0.15, 0.2) is 5.75 Å². The Morgan fingerprint density at radius 1 is 0.750 bits per heavy atom. The molecule has 4 N–H and O–H groups in total. The summed E-state index contributed by atoms with van der Waals surface area (Å²) in [5, 5.41) is 32.4. The molecule has 1 aromatic heterocycles. The van der Waals surface area contributed by atoms with E-state index in [1.165, 1.54) is 17.8 Å². The number of thiophene rings is 1. The zero-order valence-electron chi connectivity index (χ0n) is 33.1. The van der Waals surface area contributed by atoms with Crippen molar-refractivity contribution in [2.24, 2.45) is 5.92 Å². The molecule has 0 radical (unpaired) electrons. The summed E-state index contributed by atoms with van der Waals surface area (Å²) >= 11 is 1.51. The van der Waals surface area contributed by atoms with Crippen LogP contribution in [0, 0.1) is 5.92 Å². The lowest BCUT2D eigenvalue weighted by Crippen LogP contribution is -2.54. The summed E-state index contributed by atoms with van der Waals surface area (Å²) in [6.45, 7) is 6.72. The van der Waals surface area contributed by atoms with E-state index >= 15 is 0 Å². The van der Waals surface area contributed by atoms with Crippen molar-refractivity contribution in [2.75, 3.05) is 55.6 Å². The quantitative estimate of drug-likeness (QED) is 0.105. The molecule has 0 spiro atoms. The Balaban J connectivity index is 0.736. The van der Waals surface area contributed by atoms with Gasteiger partial charge in [0.2, 0.25) is 11.8 Å². The number of phenolic OH excluding ortho intramolecular Hbond substituents is 1. The maximum absolute atomic E-state index is 13.3. The number of piperazine rings is 1. The van der Waals surface area contributed by atoms with Crippen LogP contribution in [0.3, 0.4) is 0 Å². The Hall–Kier alpha value is -5.74. The van der Waals surface area contributed by atoms with E-state index < -0.39 is 30.9 Å². The summed E-state index contributed by atoms with van der Waals surface area (Å²) in [5.74, 6) is 0.275. The highest BCUT2D eigenvalue weighted by atomic mass is 32.1. The van der Waals surface area contributed by atoms with E-state index in [1.54, 1.807) is 36.4 Å². The Labute approximate surface area is 351 Å². The number of anilines is 2. The van der Waals surface area contributed by atoms with Crippen LogP contribution in [0.15, 0.2) is 84.9 Å². The number of benzene rings is 4. The van der Waals surface area contributed by atoms with E-state index in [-0.39, 0.29) is 24.5 Å². The second kappa shape index (κ2) is 16.7. The topological polar surface area (TPSA) is 163 Å². The third-order valence-corrected chi connectivity index (χ3v) is 13.6. The van der Waals surface area contributed by atoms with Gasteiger partial charge >= 0.3 is 7.12 Å². The van der Waals surface area contributed by atoms with Crippen molar-refractivity contribution >= 4 is 69.0 Å². The van der Waals surface area contributed by atoms with Crippen molar-refractivity contribution in [3.63, 3.8) is 0 Å². The fraction of sp³-hybridized carbons (Fsp3) is 0.333. The van der Waals surface area contributed by atoms with Crippen LogP contribution in [-0.4, -0.2) is 108 Å². The molecule has 4 amide bonds. The molecule has 3 fully saturated rings. The first-order chi connectivity index (χ1) is 29.1. The number of ether oxygens (including phenoxy) is 1. The van der Waals surface area contributed by atoms with Crippen LogP contribution in [0.2, 0.25) is 0 Å². The maximum Gasteiger partial charge on any atom is 0.488 e. The van der Waals surface area contributed by atoms with Gasteiger partial charge in [0.05, 0.1) is 16.0 Å². The largest absolute Gasteiger partial charge is 0.508 e. The van der Waals surface area contributed by atoms with Crippen LogP contribution in [0.25, 0.3) is 20.5 Å². The fourth-order valence-corrected chi connectivity index (χ4v) is 10.1. The number of carbonyl (C=O) groups excluding carboxylic acids is 4. The first-order valence-electron chi connectivity index (χ1n) is 20.7. The Morgan fingerprint density at radius 2 is 1.45 bits per heavy atom. The predicted molar refractivity (Wildman–Crippen MR) is 231 cm³/mol. The summed E-state index contributed by atoms with van der Waals surface area (Å²) in [6.07, 6.45) is 4.69. The molecule has 60 heavy (non-hydrogen) atoms. The normalized spacial score (nSPS) is 19.0. The molecule has 4 aromatic carbocycles. The van der Waals surface area contributed by atoms with Gasteiger partial charge in [-0.05, 0) is 116 Å². The van der Waals surface area contributed by atoms with Crippen LogP contribution in [0.1, 0.15) is 59.2 Å². The third-order valence-electron chi connectivity index (χ3n) is 12.4. The summed E-state index contributed by atoms with van der Waals surface area (Å²) in [5.41, 5.74) is 3.98. The molecule has 5 aromatic rings. The molecule has 5 heterocycles. The van der Waals surface area contributed by atoms with Gasteiger partial charge < -0.3 is 29.7 Å². The number of amides is 4. The van der Waals surface area contributed by atoms with E-state index in [9.17, 15) is 34.3 Å². The third kappa shape index (κ3) is 7.97. The van der Waals surface area contributed by atoms with Crippen LogP contribution in [0.5, 0.6) is 17.2 Å². The van der Waals surface area contributed by atoms with E-state index in [0.717, 1.165) is 102 Å². The second-order valence-corrected chi connectivity index (χ2v) is 17.2. The van der Waals surface area contributed by atoms with Crippen LogP contribution in [-0.2, 0) is 9.59 Å². The molecule has 1 unspecified atom stereocenters. The number of phenols is 1. The molecule has 4 aliphatic heterocycles. The minimum Gasteiger partial charge on any atom is -0.508 e. The van der Waals surface area contributed by atoms with Gasteiger partial charge in [0.25, 0.3) is 11.8 Å². The highest BCUT2D eigenvalue weighted by Crippen LogP contribution is 2.47. The van der Waals surface area contributed by atoms with Crippen molar-refractivity contribution in [3.05, 3.63) is 96.1 Å². The number of hydrogen-bond acceptors (Lipinski definition) is 12. The number of piperidine rings is 2. The highest BCUT2D eigenvalue weighted by Gasteiger charge is 2.45. The fourth-order valence-electron chi connectivity index (χ4n) is 8.97. The number of aromatic hydroxyl groups is 1. The van der Waals surface area contributed by atoms with Gasteiger partial charge in [-0.2, -0.15) is 0 Å². The number of fused-ring (bicyclic) bond motifs is 2. The summed E-state index contributed by atoms with van der Waals surface area (Å²) in [6, 6.07) is 24.9. The number of carbonyl (C=O) groups is 4. The molecule has 308 valence electrons. The Morgan fingerprint density at radius 3 is 2.17 bits per heavy atom. The Kier molecular flexibility index (Phi) is 11.1. The smallest absolute Gasteiger partial charge is 0.488 e. The predicted octanol–water partition coefficient (Wildman–Crippen LogP) is 4.97. The molecular weight excluding hydrogens is 781 g/mol. The summed E-state index contributed by atoms with van der Waals surface area (Å²) < 4.78 is 7.41. The lowest BCUT2D eigenvalue weighted by atomic mass is 9.80. The SMILES string of the molecule is O=C1CCC(N2C(=O)c3ccc(N4CCC(CCCN5CCN(c6ccc(Oc7c(-c8ccc(B(O)O)cc8)sc8cc(O)ccc78)cc6)CC5)CC4)cc3C2=O)C(=O)N1. The molecular formula is C45H46BN5O8S. The van der Waals surface area contributed by atoms with Gasteiger partial charge in [-0.3, -0.25) is 34.3 Å². The molecule has 15 heteroatoms. The zero-order valence-corrected chi connectivity index (χ0v) is 33.9. The van der Waals surface area contributed by atoms with Gasteiger partial charge in [-0.1, -0.05) is 24.3 Å². The van der Waals surface area contributed by atoms with Crippen molar-refractivity contribution in [1.82, 2.24) is 15.1 Å². The molecule has 9 rings (SSSR count). The molecule has 4 aliphatic rings. The minimum absolute atomic E-state index is 0.0970. The maximum atomic E-state index is 13.3.